The number of carbonyl (C=O) groups is 2. The predicted octanol–water partition coefficient (Wildman–Crippen LogP) is 2.91. The number of piperazine rings is 1. The van der Waals surface area contributed by atoms with Crippen LogP contribution in [0.1, 0.15) is 27.6 Å². The van der Waals surface area contributed by atoms with E-state index in [1.54, 1.807) is 21.9 Å². The number of benzene rings is 2. The molecular formula is C20H20FN3O5. The summed E-state index contributed by atoms with van der Waals surface area (Å²) in [6.45, 7) is 2.79. The van der Waals surface area contributed by atoms with Gasteiger partial charge in [0.15, 0.2) is 5.78 Å². The second-order valence-electron chi connectivity index (χ2n) is 6.64. The Labute approximate surface area is 166 Å². The normalized spacial score (nSPS) is 13.9. The van der Waals surface area contributed by atoms with Gasteiger partial charge in [0, 0.05) is 43.9 Å². The van der Waals surface area contributed by atoms with E-state index in [1.807, 2.05) is 0 Å². The van der Waals surface area contributed by atoms with Gasteiger partial charge in [0.25, 0.3) is 11.6 Å². The molecule has 1 heterocycles. The van der Waals surface area contributed by atoms with E-state index in [4.69, 9.17) is 4.74 Å². The van der Waals surface area contributed by atoms with E-state index in [9.17, 15) is 24.1 Å². The van der Waals surface area contributed by atoms with Crippen LogP contribution in [0.25, 0.3) is 0 Å². The molecule has 1 aliphatic rings. The van der Waals surface area contributed by atoms with Crippen LogP contribution in [0.5, 0.6) is 5.75 Å². The van der Waals surface area contributed by atoms with Crippen LogP contribution in [0.4, 0.5) is 15.8 Å². The molecule has 0 aliphatic carbocycles. The van der Waals surface area contributed by atoms with Crippen LogP contribution in [0.15, 0.2) is 36.4 Å². The van der Waals surface area contributed by atoms with E-state index in [0.717, 1.165) is 0 Å². The van der Waals surface area contributed by atoms with Gasteiger partial charge in [0.2, 0.25) is 0 Å². The molecule has 0 radical (unpaired) electrons. The maximum Gasteiger partial charge on any atom is 0.270 e. The number of hydrogen-bond acceptors (Lipinski definition) is 6. The van der Waals surface area contributed by atoms with Crippen molar-refractivity contribution < 1.29 is 23.6 Å². The summed E-state index contributed by atoms with van der Waals surface area (Å²) in [5.41, 5.74) is 0.598. The maximum absolute atomic E-state index is 14.4. The molecule has 0 saturated carbocycles. The van der Waals surface area contributed by atoms with Gasteiger partial charge < -0.3 is 14.5 Å². The Morgan fingerprint density at radius 2 is 1.79 bits per heavy atom. The molecule has 2 aromatic carbocycles. The highest BCUT2D eigenvalue weighted by Crippen LogP contribution is 2.27. The fourth-order valence-electron chi connectivity index (χ4n) is 3.28. The smallest absolute Gasteiger partial charge is 0.270 e. The third kappa shape index (κ3) is 4.18. The lowest BCUT2D eigenvalue weighted by Crippen LogP contribution is -2.49. The number of anilines is 1. The van der Waals surface area contributed by atoms with Crippen LogP contribution >= 0.6 is 0 Å². The topological polar surface area (TPSA) is 93.0 Å². The van der Waals surface area contributed by atoms with Gasteiger partial charge in [-0.1, -0.05) is 0 Å². The van der Waals surface area contributed by atoms with E-state index in [1.165, 1.54) is 38.3 Å². The molecule has 0 unspecified atom stereocenters. The lowest BCUT2D eigenvalue weighted by molar-refractivity contribution is -0.384. The van der Waals surface area contributed by atoms with Crippen molar-refractivity contribution in [2.75, 3.05) is 38.2 Å². The Morgan fingerprint density at radius 1 is 1.10 bits per heavy atom. The monoisotopic (exact) mass is 401 g/mol. The van der Waals surface area contributed by atoms with Crippen molar-refractivity contribution in [2.24, 2.45) is 0 Å². The number of rotatable bonds is 5. The molecule has 0 spiro atoms. The third-order valence-electron chi connectivity index (χ3n) is 4.89. The first-order valence-electron chi connectivity index (χ1n) is 8.99. The minimum atomic E-state index is -0.568. The SMILES string of the molecule is COc1ccc([N+](=O)[O-])cc1C(=O)N1CCN(c2ccc(C(C)=O)cc2F)CC1. The second kappa shape index (κ2) is 8.26. The van der Waals surface area contributed by atoms with Gasteiger partial charge in [-0.15, -0.1) is 0 Å². The fourth-order valence-corrected chi connectivity index (χ4v) is 3.28. The number of ketones is 1. The van der Waals surface area contributed by atoms with Gasteiger partial charge in [-0.05, 0) is 31.2 Å². The molecule has 0 N–H and O–H groups in total. The summed E-state index contributed by atoms with van der Waals surface area (Å²) >= 11 is 0. The first-order chi connectivity index (χ1) is 13.8. The van der Waals surface area contributed by atoms with Crippen LogP contribution in [-0.4, -0.2) is 54.8 Å². The first kappa shape index (κ1) is 20.2. The third-order valence-corrected chi connectivity index (χ3v) is 4.89. The zero-order valence-electron chi connectivity index (χ0n) is 16.1. The number of amides is 1. The summed E-state index contributed by atoms with van der Waals surface area (Å²) in [4.78, 5) is 38.1. The van der Waals surface area contributed by atoms with Crippen molar-refractivity contribution in [3.8, 4) is 5.75 Å². The molecule has 29 heavy (non-hydrogen) atoms. The fraction of sp³-hybridized carbons (Fsp3) is 0.300. The lowest BCUT2D eigenvalue weighted by atomic mass is 10.1. The van der Waals surface area contributed by atoms with Gasteiger partial charge in [-0.3, -0.25) is 19.7 Å². The van der Waals surface area contributed by atoms with E-state index in [-0.39, 0.29) is 28.7 Å². The molecule has 1 aliphatic heterocycles. The number of nitro benzene ring substituents is 1. The predicted molar refractivity (Wildman–Crippen MR) is 104 cm³/mol. The summed E-state index contributed by atoms with van der Waals surface area (Å²) in [6.07, 6.45) is 0. The van der Waals surface area contributed by atoms with Gasteiger partial charge in [0.05, 0.1) is 23.3 Å². The Balaban J connectivity index is 1.74. The van der Waals surface area contributed by atoms with Crippen LogP contribution < -0.4 is 9.64 Å². The number of methoxy groups -OCH3 is 1. The van der Waals surface area contributed by atoms with E-state index in [2.05, 4.69) is 0 Å². The largest absolute Gasteiger partial charge is 0.496 e. The number of nitrogens with zero attached hydrogens (tertiary/aromatic N) is 3. The number of carbonyl (C=O) groups excluding carboxylic acids is 2. The first-order valence-corrected chi connectivity index (χ1v) is 8.99. The highest BCUT2D eigenvalue weighted by molar-refractivity contribution is 5.98. The molecule has 0 atom stereocenters. The Kier molecular flexibility index (Phi) is 5.76. The molecule has 0 bridgehead atoms. The highest BCUT2D eigenvalue weighted by Gasteiger charge is 2.27. The van der Waals surface area contributed by atoms with Crippen molar-refractivity contribution in [1.29, 1.82) is 0 Å². The van der Waals surface area contributed by atoms with Crippen LogP contribution in [0.2, 0.25) is 0 Å². The average molecular weight is 401 g/mol. The number of ether oxygens (including phenoxy) is 1. The quantitative estimate of drug-likeness (QED) is 0.435. The lowest BCUT2D eigenvalue weighted by Gasteiger charge is -2.36. The average Bonchev–Trinajstić information content (AvgIpc) is 2.72. The molecule has 1 saturated heterocycles. The number of halogens is 1. The zero-order valence-corrected chi connectivity index (χ0v) is 16.1. The maximum atomic E-state index is 14.4. The molecule has 8 nitrogen and oxygen atoms in total. The summed E-state index contributed by atoms with van der Waals surface area (Å²) in [5, 5.41) is 11.0. The number of nitro groups is 1. The number of hydrogen-bond donors (Lipinski definition) is 0. The van der Waals surface area contributed by atoms with Gasteiger partial charge in [-0.2, -0.15) is 0 Å². The minimum absolute atomic E-state index is 0.118. The summed E-state index contributed by atoms with van der Waals surface area (Å²) in [6, 6.07) is 8.23. The summed E-state index contributed by atoms with van der Waals surface area (Å²) in [7, 11) is 1.39. The molecule has 152 valence electrons. The van der Waals surface area contributed by atoms with Crippen molar-refractivity contribution in [1.82, 2.24) is 4.90 Å². The molecular weight excluding hydrogens is 381 g/mol. The van der Waals surface area contributed by atoms with Crippen molar-refractivity contribution in [2.45, 2.75) is 6.92 Å². The highest BCUT2D eigenvalue weighted by atomic mass is 19.1. The van der Waals surface area contributed by atoms with Gasteiger partial charge >= 0.3 is 0 Å². The molecule has 3 rings (SSSR count). The Morgan fingerprint density at radius 3 is 2.34 bits per heavy atom. The van der Waals surface area contributed by atoms with Crippen LogP contribution in [0.3, 0.4) is 0 Å². The molecule has 1 amide bonds. The Bertz CT molecular complexity index is 971. The molecule has 1 fully saturated rings. The van der Waals surface area contributed by atoms with Gasteiger partial charge in [-0.25, -0.2) is 4.39 Å². The molecule has 0 aromatic heterocycles. The standard InChI is InChI=1S/C20H20FN3O5/c1-13(25)14-3-5-18(17(21)11-14)22-7-9-23(10-8-22)20(26)16-12-15(24(27)28)4-6-19(16)29-2/h3-6,11-12H,7-10H2,1-2H3. The minimum Gasteiger partial charge on any atom is -0.496 e. The van der Waals surface area contributed by atoms with Crippen LogP contribution in [-0.2, 0) is 0 Å². The summed E-state index contributed by atoms with van der Waals surface area (Å²) < 4.78 is 19.6. The van der Waals surface area contributed by atoms with E-state index in [0.29, 0.717) is 37.4 Å². The van der Waals surface area contributed by atoms with Crippen molar-refractivity contribution in [3.05, 3.63) is 63.5 Å². The van der Waals surface area contributed by atoms with Crippen molar-refractivity contribution >= 4 is 23.1 Å². The van der Waals surface area contributed by atoms with E-state index >= 15 is 0 Å². The Hall–Kier alpha value is -3.49. The van der Waals surface area contributed by atoms with Crippen LogP contribution in [0, 0.1) is 15.9 Å². The summed E-state index contributed by atoms with van der Waals surface area (Å²) in [5.74, 6) is -0.818. The van der Waals surface area contributed by atoms with E-state index < -0.39 is 10.7 Å². The molecule has 2 aromatic rings. The van der Waals surface area contributed by atoms with Gasteiger partial charge in [0.1, 0.15) is 11.6 Å². The zero-order chi connectivity index (χ0) is 21.1. The molecule has 9 heteroatoms. The second-order valence-corrected chi connectivity index (χ2v) is 6.64. The number of non-ortho nitro benzene ring substituents is 1. The van der Waals surface area contributed by atoms with Crippen molar-refractivity contribution in [3.63, 3.8) is 0 Å². The number of Topliss-reactive ketones (excluding diaryl/α,β-unsaturated/α-hetero) is 1.